The Bertz CT molecular complexity index is 1010. The van der Waals surface area contributed by atoms with Gasteiger partial charge in [0.15, 0.2) is 0 Å². The van der Waals surface area contributed by atoms with Crippen LogP contribution in [0.2, 0.25) is 0 Å². The molecular weight excluding hydrogens is 384 g/mol. The van der Waals surface area contributed by atoms with Crippen molar-refractivity contribution in [2.75, 3.05) is 13.6 Å². The molecule has 1 aromatic carbocycles. The van der Waals surface area contributed by atoms with Crippen LogP contribution in [0.5, 0.6) is 0 Å². The van der Waals surface area contributed by atoms with E-state index >= 15 is 0 Å². The number of nitrogens with zero attached hydrogens (tertiary/aromatic N) is 2. The first-order valence-corrected chi connectivity index (χ1v) is 9.81. The Morgan fingerprint density at radius 2 is 2.00 bits per heavy atom. The molecule has 1 aromatic heterocycles. The van der Waals surface area contributed by atoms with Gasteiger partial charge in [0, 0.05) is 7.05 Å². The molecule has 8 nitrogen and oxygen atoms in total. The van der Waals surface area contributed by atoms with Crippen molar-refractivity contribution in [3.05, 3.63) is 70.8 Å². The quantitative estimate of drug-likeness (QED) is 0.792. The Morgan fingerprint density at radius 3 is 2.67 bits per heavy atom. The molecule has 0 unspecified atom stereocenters. The van der Waals surface area contributed by atoms with E-state index < -0.39 is 12.1 Å². The Labute approximate surface area is 174 Å². The van der Waals surface area contributed by atoms with Gasteiger partial charge < -0.3 is 20.0 Å². The van der Waals surface area contributed by atoms with Crippen molar-refractivity contribution in [3.8, 4) is 0 Å². The molecule has 8 heteroatoms. The van der Waals surface area contributed by atoms with Gasteiger partial charge in [0.1, 0.15) is 11.8 Å². The highest BCUT2D eigenvalue weighted by Gasteiger charge is 2.45. The lowest BCUT2D eigenvalue weighted by atomic mass is 9.95. The van der Waals surface area contributed by atoms with E-state index in [1.807, 2.05) is 31.2 Å². The Balaban J connectivity index is 1.55. The number of hydrogen-bond acceptors (Lipinski definition) is 4. The van der Waals surface area contributed by atoms with E-state index in [4.69, 9.17) is 4.42 Å². The van der Waals surface area contributed by atoms with Crippen molar-refractivity contribution < 1.29 is 18.8 Å². The lowest BCUT2D eigenvalue weighted by molar-refractivity contribution is -0.135. The van der Waals surface area contributed by atoms with E-state index in [0.717, 1.165) is 11.1 Å². The van der Waals surface area contributed by atoms with Gasteiger partial charge in [0.25, 0.3) is 5.91 Å². The average Bonchev–Trinajstić information content (AvgIpc) is 3.37. The molecule has 2 aliphatic rings. The third-order valence-corrected chi connectivity index (χ3v) is 5.66. The highest BCUT2D eigenvalue weighted by molar-refractivity contribution is 6.03. The third kappa shape index (κ3) is 3.45. The number of carbonyl (C=O) groups excluding carboxylic acids is 3. The minimum absolute atomic E-state index is 0.204. The first kappa shape index (κ1) is 19.8. The van der Waals surface area contributed by atoms with Gasteiger partial charge in [-0.25, -0.2) is 4.79 Å². The molecule has 0 saturated carbocycles. The van der Waals surface area contributed by atoms with Crippen LogP contribution in [0.4, 0.5) is 4.79 Å². The van der Waals surface area contributed by atoms with Gasteiger partial charge in [-0.1, -0.05) is 29.8 Å². The second-order valence-corrected chi connectivity index (χ2v) is 7.62. The predicted molar refractivity (Wildman–Crippen MR) is 109 cm³/mol. The van der Waals surface area contributed by atoms with Crippen molar-refractivity contribution in [2.24, 2.45) is 0 Å². The number of urea groups is 1. The number of likely N-dealkylation sites (N-methyl/N-ethyl adjacent to an activating group) is 1. The van der Waals surface area contributed by atoms with Gasteiger partial charge in [-0.15, -0.1) is 0 Å². The second kappa shape index (κ2) is 7.70. The standard InChI is InChI=1S/C22H24N4O4/c1-13-6-8-15(9-7-13)19-18-17(25(3)22(29)24-19)12-26(21(18)28)14(2)20(27)23-11-16-5-4-10-30-16/h4-10,14,19H,11-12H2,1-3H3,(H,23,27)(H,24,29)/t14-,19+/m1/s1. The van der Waals surface area contributed by atoms with Crippen LogP contribution in [0.25, 0.3) is 0 Å². The molecule has 0 saturated heterocycles. The van der Waals surface area contributed by atoms with E-state index in [9.17, 15) is 14.4 Å². The first-order chi connectivity index (χ1) is 14.4. The maximum atomic E-state index is 13.3. The lowest BCUT2D eigenvalue weighted by Gasteiger charge is -2.31. The summed E-state index contributed by atoms with van der Waals surface area (Å²) in [6, 6.07) is 9.72. The van der Waals surface area contributed by atoms with Crippen LogP contribution < -0.4 is 10.6 Å². The zero-order valence-electron chi connectivity index (χ0n) is 17.1. The summed E-state index contributed by atoms with van der Waals surface area (Å²) in [5, 5.41) is 5.70. The van der Waals surface area contributed by atoms with Crippen molar-refractivity contribution in [3.63, 3.8) is 0 Å². The van der Waals surface area contributed by atoms with E-state index in [0.29, 0.717) is 17.0 Å². The molecule has 0 spiro atoms. The molecule has 4 rings (SSSR count). The summed E-state index contributed by atoms with van der Waals surface area (Å²) in [5.41, 5.74) is 3.06. The summed E-state index contributed by atoms with van der Waals surface area (Å²) in [6.07, 6.45) is 1.54. The van der Waals surface area contributed by atoms with Crippen molar-refractivity contribution in [1.29, 1.82) is 0 Å². The maximum absolute atomic E-state index is 13.3. The van der Waals surface area contributed by atoms with Crippen LogP contribution in [0.3, 0.4) is 0 Å². The van der Waals surface area contributed by atoms with Crippen LogP contribution in [0, 0.1) is 6.92 Å². The average molecular weight is 408 g/mol. The van der Waals surface area contributed by atoms with Crippen LogP contribution in [-0.4, -0.2) is 47.3 Å². The number of rotatable bonds is 5. The number of aryl methyl sites for hydroxylation is 1. The van der Waals surface area contributed by atoms with E-state index in [1.54, 1.807) is 26.1 Å². The zero-order valence-corrected chi connectivity index (χ0v) is 17.1. The number of amides is 4. The molecular formula is C22H24N4O4. The van der Waals surface area contributed by atoms with Gasteiger partial charge in [0.05, 0.1) is 36.7 Å². The smallest absolute Gasteiger partial charge is 0.322 e. The third-order valence-electron chi connectivity index (χ3n) is 5.66. The Kier molecular flexibility index (Phi) is 5.07. The fraction of sp³-hybridized carbons (Fsp3) is 0.318. The summed E-state index contributed by atoms with van der Waals surface area (Å²) in [4.78, 5) is 41.4. The minimum atomic E-state index is -0.694. The summed E-state index contributed by atoms with van der Waals surface area (Å²) < 4.78 is 5.23. The number of hydrogen-bond donors (Lipinski definition) is 2. The molecule has 2 aromatic rings. The Morgan fingerprint density at radius 1 is 1.27 bits per heavy atom. The zero-order chi connectivity index (χ0) is 21.4. The van der Waals surface area contributed by atoms with Crippen molar-refractivity contribution in [2.45, 2.75) is 32.5 Å². The van der Waals surface area contributed by atoms with Gasteiger partial charge in [-0.2, -0.15) is 0 Å². The molecule has 156 valence electrons. The molecule has 0 radical (unpaired) electrons. The number of carbonyl (C=O) groups is 3. The fourth-order valence-electron chi connectivity index (χ4n) is 3.79. The van der Waals surface area contributed by atoms with Crippen LogP contribution >= 0.6 is 0 Å². The highest BCUT2D eigenvalue weighted by atomic mass is 16.3. The van der Waals surface area contributed by atoms with E-state index in [1.165, 1.54) is 16.1 Å². The van der Waals surface area contributed by atoms with Gasteiger partial charge in [-0.05, 0) is 31.5 Å². The number of furan rings is 1. The fourth-order valence-corrected chi connectivity index (χ4v) is 3.79. The molecule has 0 fully saturated rings. The largest absolute Gasteiger partial charge is 0.467 e. The molecule has 4 amide bonds. The van der Waals surface area contributed by atoms with Crippen LogP contribution in [0.15, 0.2) is 58.3 Å². The lowest BCUT2D eigenvalue weighted by Crippen LogP contribution is -2.46. The topological polar surface area (TPSA) is 94.9 Å². The van der Waals surface area contributed by atoms with Crippen molar-refractivity contribution >= 4 is 17.8 Å². The van der Waals surface area contributed by atoms with Gasteiger partial charge >= 0.3 is 6.03 Å². The second-order valence-electron chi connectivity index (χ2n) is 7.62. The summed E-state index contributed by atoms with van der Waals surface area (Å²) >= 11 is 0. The number of benzene rings is 1. The van der Waals surface area contributed by atoms with Gasteiger partial charge in [-0.3, -0.25) is 14.5 Å². The van der Waals surface area contributed by atoms with E-state index in [2.05, 4.69) is 10.6 Å². The summed E-state index contributed by atoms with van der Waals surface area (Å²) in [6.45, 7) is 4.12. The molecule has 3 heterocycles. The monoisotopic (exact) mass is 408 g/mol. The number of nitrogens with one attached hydrogen (secondary N) is 2. The SMILES string of the molecule is Cc1ccc([C@@H]2NC(=O)N(C)C3=C2C(=O)N([C@H](C)C(=O)NCc2ccco2)C3)cc1. The first-order valence-electron chi connectivity index (χ1n) is 9.81. The molecule has 30 heavy (non-hydrogen) atoms. The van der Waals surface area contributed by atoms with Crippen LogP contribution in [-0.2, 0) is 16.1 Å². The van der Waals surface area contributed by atoms with Crippen LogP contribution in [0.1, 0.15) is 29.9 Å². The predicted octanol–water partition coefficient (Wildman–Crippen LogP) is 2.09. The van der Waals surface area contributed by atoms with Crippen molar-refractivity contribution in [1.82, 2.24) is 20.4 Å². The highest BCUT2D eigenvalue weighted by Crippen LogP contribution is 2.36. The summed E-state index contributed by atoms with van der Waals surface area (Å²) in [5.74, 6) is 0.103. The molecule has 0 aliphatic carbocycles. The van der Waals surface area contributed by atoms with E-state index in [-0.39, 0.29) is 30.9 Å². The normalized spacial score (nSPS) is 19.6. The molecule has 0 bridgehead atoms. The minimum Gasteiger partial charge on any atom is -0.467 e. The summed E-state index contributed by atoms with van der Waals surface area (Å²) in [7, 11) is 1.63. The molecule has 2 aliphatic heterocycles. The molecule has 2 atom stereocenters. The van der Waals surface area contributed by atoms with Gasteiger partial charge in [0.2, 0.25) is 5.91 Å². The molecule has 2 N–H and O–H groups in total. The maximum Gasteiger partial charge on any atom is 0.322 e. The Hall–Kier alpha value is -3.55.